The lowest BCUT2D eigenvalue weighted by Gasteiger charge is -2.20. The topological polar surface area (TPSA) is 70.0 Å². The smallest absolute Gasteiger partial charge is 0.335 e. The first-order valence-corrected chi connectivity index (χ1v) is 9.18. The molecular weight excluding hydrogens is 318 g/mol. The van der Waals surface area contributed by atoms with E-state index in [4.69, 9.17) is 9.94 Å². The van der Waals surface area contributed by atoms with Gasteiger partial charge in [0, 0.05) is 6.54 Å². The van der Waals surface area contributed by atoms with Crippen LogP contribution in [0.15, 0.2) is 36.4 Å². The number of hydrogen-bond donors (Lipinski definition) is 2. The van der Waals surface area contributed by atoms with Crippen molar-refractivity contribution in [2.75, 3.05) is 13.2 Å². The van der Waals surface area contributed by atoms with Crippen molar-refractivity contribution >= 4 is 5.97 Å². The minimum Gasteiger partial charge on any atom is -0.478 e. The summed E-state index contributed by atoms with van der Waals surface area (Å²) in [6.45, 7) is 3.59. The fourth-order valence-electron chi connectivity index (χ4n) is 2.96. The van der Waals surface area contributed by atoms with Crippen molar-refractivity contribution in [2.24, 2.45) is 0 Å². The molecule has 0 saturated carbocycles. The zero-order chi connectivity index (χ0) is 18.1. The zero-order valence-electron chi connectivity index (χ0n) is 14.9. The second kappa shape index (κ2) is 10.3. The highest BCUT2D eigenvalue weighted by molar-refractivity contribution is 5.87. The van der Waals surface area contributed by atoms with E-state index in [0.717, 1.165) is 50.6 Å². The van der Waals surface area contributed by atoms with Gasteiger partial charge >= 0.3 is 5.97 Å². The van der Waals surface area contributed by atoms with Gasteiger partial charge in [-0.05, 0) is 37.0 Å². The quantitative estimate of drug-likeness (QED) is 0.501. The van der Waals surface area contributed by atoms with Crippen LogP contribution >= 0.6 is 0 Å². The molecular formula is C20H29NO4. The molecule has 2 N–H and O–H groups in total. The van der Waals surface area contributed by atoms with Crippen molar-refractivity contribution in [2.45, 2.75) is 57.6 Å². The first kappa shape index (κ1) is 19.6. The van der Waals surface area contributed by atoms with Crippen LogP contribution in [0.5, 0.6) is 0 Å². The van der Waals surface area contributed by atoms with Gasteiger partial charge in [-0.1, -0.05) is 50.5 Å². The third-order valence-electron chi connectivity index (χ3n) is 4.52. The highest BCUT2D eigenvalue weighted by atomic mass is 16.7. The molecule has 1 aliphatic rings. The van der Waals surface area contributed by atoms with Crippen LogP contribution in [0.1, 0.15) is 54.9 Å². The molecule has 2 rings (SSSR count). The Hall–Kier alpha value is -1.69. The summed E-state index contributed by atoms with van der Waals surface area (Å²) in [6.07, 6.45) is 9.48. The molecule has 2 atom stereocenters. The second-order valence-electron chi connectivity index (χ2n) is 6.53. The fourth-order valence-corrected chi connectivity index (χ4v) is 2.96. The summed E-state index contributed by atoms with van der Waals surface area (Å²) >= 11 is 0. The third-order valence-corrected chi connectivity index (χ3v) is 4.52. The van der Waals surface area contributed by atoms with Crippen molar-refractivity contribution in [1.29, 1.82) is 0 Å². The molecule has 138 valence electrons. The lowest BCUT2D eigenvalue weighted by molar-refractivity contribution is -0.122. The Bertz CT molecular complexity index is 555. The van der Waals surface area contributed by atoms with Gasteiger partial charge in [0.25, 0.3) is 0 Å². The van der Waals surface area contributed by atoms with Crippen molar-refractivity contribution < 1.29 is 19.8 Å². The van der Waals surface area contributed by atoms with Gasteiger partial charge in [-0.15, -0.1) is 0 Å². The number of benzene rings is 1. The maximum atomic E-state index is 10.9. The molecule has 0 radical (unpaired) electrons. The summed E-state index contributed by atoms with van der Waals surface area (Å²) in [5.74, 6) is -0.905. The summed E-state index contributed by atoms with van der Waals surface area (Å²) in [5.41, 5.74) is 1.39. The summed E-state index contributed by atoms with van der Waals surface area (Å²) < 4.78 is 0. The van der Waals surface area contributed by atoms with Crippen molar-refractivity contribution in [1.82, 2.24) is 5.06 Å². The predicted molar refractivity (Wildman–Crippen MR) is 97.5 cm³/mol. The van der Waals surface area contributed by atoms with Crippen molar-refractivity contribution in [3.63, 3.8) is 0 Å². The van der Waals surface area contributed by atoms with Crippen LogP contribution in [0, 0.1) is 0 Å². The van der Waals surface area contributed by atoms with Crippen LogP contribution in [0.4, 0.5) is 0 Å². The molecule has 5 heteroatoms. The van der Waals surface area contributed by atoms with E-state index in [2.05, 4.69) is 13.0 Å². The van der Waals surface area contributed by atoms with Crippen molar-refractivity contribution in [3.05, 3.63) is 47.5 Å². The van der Waals surface area contributed by atoms with Crippen LogP contribution in [0.2, 0.25) is 0 Å². The molecule has 1 aromatic carbocycles. The number of aliphatic hydroxyl groups excluding tert-OH is 1. The number of nitrogens with zero attached hydrogens (tertiary/aromatic N) is 1. The standard InChI is InChI=1S/C20H29NO4/c1-2-3-4-5-19(22)11-10-18-13-15-25-21(18)14-12-16-6-8-17(9-7-16)20(23)24/h6-11,18-19,22H,2-5,12-15H2,1H3,(H,23,24)/t18-,19?/m0/s1. The van der Waals surface area contributed by atoms with E-state index in [1.165, 1.54) is 0 Å². The Labute approximate surface area is 149 Å². The zero-order valence-corrected chi connectivity index (χ0v) is 14.9. The van der Waals surface area contributed by atoms with E-state index in [1.54, 1.807) is 12.1 Å². The largest absolute Gasteiger partial charge is 0.478 e. The molecule has 0 spiro atoms. The summed E-state index contributed by atoms with van der Waals surface area (Å²) in [5, 5.41) is 20.9. The number of unbranched alkanes of at least 4 members (excludes halogenated alkanes) is 2. The molecule has 25 heavy (non-hydrogen) atoms. The average Bonchev–Trinajstić information content (AvgIpc) is 3.06. The summed E-state index contributed by atoms with van der Waals surface area (Å²) in [7, 11) is 0. The molecule has 5 nitrogen and oxygen atoms in total. The van der Waals surface area contributed by atoms with Crippen LogP contribution in [0.25, 0.3) is 0 Å². The number of hydroxylamine groups is 2. The van der Waals surface area contributed by atoms with Gasteiger partial charge < -0.3 is 10.2 Å². The summed E-state index contributed by atoms with van der Waals surface area (Å²) in [4.78, 5) is 16.6. The Morgan fingerprint density at radius 2 is 2.12 bits per heavy atom. The van der Waals surface area contributed by atoms with Gasteiger partial charge in [0.15, 0.2) is 0 Å². The van der Waals surface area contributed by atoms with Gasteiger partial charge in [-0.25, -0.2) is 4.79 Å². The van der Waals surface area contributed by atoms with Crippen LogP contribution in [0.3, 0.4) is 0 Å². The molecule has 1 saturated heterocycles. The van der Waals surface area contributed by atoms with Gasteiger partial charge in [0.1, 0.15) is 0 Å². The van der Waals surface area contributed by atoms with Crippen LogP contribution < -0.4 is 0 Å². The van der Waals surface area contributed by atoms with E-state index in [-0.39, 0.29) is 12.1 Å². The lowest BCUT2D eigenvalue weighted by atomic mass is 10.1. The highest BCUT2D eigenvalue weighted by Crippen LogP contribution is 2.18. The van der Waals surface area contributed by atoms with Gasteiger partial charge in [0.2, 0.25) is 0 Å². The molecule has 1 fully saturated rings. The molecule has 1 unspecified atom stereocenters. The Morgan fingerprint density at radius 1 is 1.36 bits per heavy atom. The molecule has 1 aromatic rings. The average molecular weight is 347 g/mol. The van der Waals surface area contributed by atoms with Gasteiger partial charge in [-0.3, -0.25) is 4.84 Å². The normalized spacial score (nSPS) is 19.5. The van der Waals surface area contributed by atoms with Crippen LogP contribution in [-0.4, -0.2) is 46.5 Å². The molecule has 0 amide bonds. The molecule has 0 aliphatic carbocycles. The monoisotopic (exact) mass is 347 g/mol. The fraction of sp³-hybridized carbons (Fsp3) is 0.550. The molecule has 0 bridgehead atoms. The van der Waals surface area contributed by atoms with E-state index in [1.807, 2.05) is 23.3 Å². The maximum absolute atomic E-state index is 10.9. The van der Waals surface area contributed by atoms with Crippen LogP contribution in [-0.2, 0) is 11.3 Å². The van der Waals surface area contributed by atoms with E-state index >= 15 is 0 Å². The SMILES string of the molecule is CCCCCC(O)C=C[C@H]1CCON1CCc1ccc(C(=O)O)cc1. The Kier molecular flexibility index (Phi) is 8.12. The van der Waals surface area contributed by atoms with E-state index in [0.29, 0.717) is 12.2 Å². The first-order chi connectivity index (χ1) is 12.1. The minimum atomic E-state index is -0.905. The number of rotatable bonds is 10. The second-order valence-corrected chi connectivity index (χ2v) is 6.53. The Morgan fingerprint density at radius 3 is 2.80 bits per heavy atom. The number of carboxylic acid groups (broad SMARTS) is 1. The van der Waals surface area contributed by atoms with Gasteiger partial charge in [0.05, 0.1) is 24.3 Å². The van der Waals surface area contributed by atoms with Gasteiger partial charge in [-0.2, -0.15) is 5.06 Å². The molecule has 0 aromatic heterocycles. The maximum Gasteiger partial charge on any atom is 0.335 e. The number of carboxylic acids is 1. The number of aliphatic hydroxyl groups is 1. The predicted octanol–water partition coefficient (Wildman–Crippen LogP) is 3.43. The highest BCUT2D eigenvalue weighted by Gasteiger charge is 2.23. The first-order valence-electron chi connectivity index (χ1n) is 9.18. The van der Waals surface area contributed by atoms with Crippen molar-refractivity contribution in [3.8, 4) is 0 Å². The minimum absolute atomic E-state index is 0.194. The molecule has 1 heterocycles. The number of carbonyl (C=O) groups is 1. The third kappa shape index (κ3) is 6.61. The number of aromatic carboxylic acids is 1. The lowest BCUT2D eigenvalue weighted by Crippen LogP contribution is -2.29. The molecule has 1 aliphatic heterocycles. The Balaban J connectivity index is 1.79. The number of hydrogen-bond acceptors (Lipinski definition) is 4. The summed E-state index contributed by atoms with van der Waals surface area (Å²) in [6, 6.07) is 7.15. The van der Waals surface area contributed by atoms with E-state index < -0.39 is 5.97 Å². The van der Waals surface area contributed by atoms with E-state index in [9.17, 15) is 9.90 Å².